The van der Waals surface area contributed by atoms with Crippen LogP contribution in [0.4, 0.5) is 5.13 Å². The molecule has 0 saturated carbocycles. The monoisotopic (exact) mass is 356 g/mol. The van der Waals surface area contributed by atoms with Gasteiger partial charge in [-0.2, -0.15) is 0 Å². The van der Waals surface area contributed by atoms with E-state index >= 15 is 0 Å². The summed E-state index contributed by atoms with van der Waals surface area (Å²) >= 11 is 1.38. The number of aromatic nitrogens is 1. The van der Waals surface area contributed by atoms with Gasteiger partial charge in [-0.1, -0.05) is 11.3 Å². The Labute approximate surface area is 146 Å². The van der Waals surface area contributed by atoms with E-state index in [1.165, 1.54) is 11.3 Å². The summed E-state index contributed by atoms with van der Waals surface area (Å²) in [6.07, 6.45) is 0. The van der Waals surface area contributed by atoms with Crippen LogP contribution in [0.2, 0.25) is 0 Å². The maximum Gasteiger partial charge on any atom is 0.257 e. The van der Waals surface area contributed by atoms with Crippen molar-refractivity contribution in [3.63, 3.8) is 0 Å². The quantitative estimate of drug-likeness (QED) is 0.760. The first-order chi connectivity index (χ1) is 12.3. The van der Waals surface area contributed by atoms with Gasteiger partial charge >= 0.3 is 0 Å². The highest BCUT2D eigenvalue weighted by Gasteiger charge is 2.19. The number of anilines is 1. The van der Waals surface area contributed by atoms with Crippen molar-refractivity contribution in [3.8, 4) is 23.0 Å². The second kappa shape index (κ2) is 5.52. The second-order valence-electron chi connectivity index (χ2n) is 5.50. The molecule has 1 amide bonds. The third-order valence-corrected chi connectivity index (χ3v) is 4.84. The molecule has 0 radical (unpaired) electrons. The highest BCUT2D eigenvalue weighted by Crippen LogP contribution is 2.39. The third kappa shape index (κ3) is 2.51. The van der Waals surface area contributed by atoms with Crippen molar-refractivity contribution in [1.29, 1.82) is 0 Å². The van der Waals surface area contributed by atoms with Crippen molar-refractivity contribution < 1.29 is 23.7 Å². The van der Waals surface area contributed by atoms with E-state index in [1.807, 2.05) is 12.1 Å². The van der Waals surface area contributed by atoms with E-state index in [2.05, 4.69) is 10.3 Å². The van der Waals surface area contributed by atoms with E-state index in [0.717, 1.165) is 10.2 Å². The van der Waals surface area contributed by atoms with Crippen molar-refractivity contribution >= 4 is 32.6 Å². The summed E-state index contributed by atoms with van der Waals surface area (Å²) in [7, 11) is 0. The molecule has 3 aromatic rings. The van der Waals surface area contributed by atoms with Crippen LogP contribution in [0.25, 0.3) is 10.2 Å². The minimum Gasteiger partial charge on any atom is -0.486 e. The lowest BCUT2D eigenvalue weighted by Crippen LogP contribution is -2.17. The van der Waals surface area contributed by atoms with E-state index in [-0.39, 0.29) is 12.7 Å². The van der Waals surface area contributed by atoms with Crippen LogP contribution < -0.4 is 24.3 Å². The molecule has 25 heavy (non-hydrogen) atoms. The highest BCUT2D eigenvalue weighted by molar-refractivity contribution is 7.22. The zero-order valence-corrected chi connectivity index (χ0v) is 13.7. The second-order valence-corrected chi connectivity index (χ2v) is 6.54. The molecule has 0 bridgehead atoms. The minimum atomic E-state index is -0.254. The Morgan fingerprint density at radius 3 is 2.60 bits per heavy atom. The number of carbonyl (C=O) groups excluding carboxylic acids is 1. The number of amides is 1. The number of benzene rings is 2. The Kier molecular flexibility index (Phi) is 3.17. The molecule has 0 atom stereocenters. The first kappa shape index (κ1) is 14.4. The normalized spacial score (nSPS) is 14.6. The van der Waals surface area contributed by atoms with Crippen LogP contribution in [-0.4, -0.2) is 30.9 Å². The van der Waals surface area contributed by atoms with E-state index in [9.17, 15) is 4.79 Å². The van der Waals surface area contributed by atoms with Gasteiger partial charge in [0.25, 0.3) is 5.91 Å². The molecule has 2 aromatic carbocycles. The predicted octanol–water partition coefficient (Wildman–Crippen LogP) is 3.05. The summed E-state index contributed by atoms with van der Waals surface area (Å²) in [5, 5.41) is 3.33. The Hall–Kier alpha value is -3.00. The summed E-state index contributed by atoms with van der Waals surface area (Å²) in [4.78, 5) is 16.9. The number of nitrogens with one attached hydrogen (secondary N) is 1. The lowest BCUT2D eigenvalue weighted by atomic mass is 10.2. The van der Waals surface area contributed by atoms with Gasteiger partial charge in [-0.3, -0.25) is 10.1 Å². The number of rotatable bonds is 2. The van der Waals surface area contributed by atoms with Gasteiger partial charge in [0.2, 0.25) is 6.79 Å². The summed E-state index contributed by atoms with van der Waals surface area (Å²) < 4.78 is 22.6. The highest BCUT2D eigenvalue weighted by atomic mass is 32.1. The average molecular weight is 356 g/mol. The van der Waals surface area contributed by atoms with Gasteiger partial charge in [-0.25, -0.2) is 4.98 Å². The lowest BCUT2D eigenvalue weighted by molar-refractivity contribution is 0.102. The third-order valence-electron chi connectivity index (χ3n) is 3.91. The Morgan fingerprint density at radius 2 is 1.72 bits per heavy atom. The first-order valence-electron chi connectivity index (χ1n) is 7.67. The van der Waals surface area contributed by atoms with Crippen LogP contribution in [0.1, 0.15) is 10.4 Å². The number of nitrogens with zero attached hydrogens (tertiary/aromatic N) is 1. The van der Waals surface area contributed by atoms with E-state index in [1.54, 1.807) is 18.2 Å². The van der Waals surface area contributed by atoms with Crippen molar-refractivity contribution in [3.05, 3.63) is 35.9 Å². The van der Waals surface area contributed by atoms with Gasteiger partial charge < -0.3 is 18.9 Å². The van der Waals surface area contributed by atoms with Gasteiger partial charge in [0.05, 0.1) is 10.2 Å². The van der Waals surface area contributed by atoms with Crippen molar-refractivity contribution in [1.82, 2.24) is 4.98 Å². The molecule has 0 aliphatic carbocycles. The number of ether oxygens (including phenoxy) is 4. The molecule has 7 nitrogen and oxygen atoms in total. The zero-order valence-electron chi connectivity index (χ0n) is 12.9. The smallest absolute Gasteiger partial charge is 0.257 e. The fraction of sp³-hybridized carbons (Fsp3) is 0.176. The van der Waals surface area contributed by atoms with E-state index < -0.39 is 0 Å². The van der Waals surface area contributed by atoms with E-state index in [0.29, 0.717) is 46.9 Å². The largest absolute Gasteiger partial charge is 0.486 e. The van der Waals surface area contributed by atoms with Crippen LogP contribution in [0.3, 0.4) is 0 Å². The number of fused-ring (bicyclic) bond motifs is 3. The molecule has 0 spiro atoms. The van der Waals surface area contributed by atoms with Crippen molar-refractivity contribution in [2.24, 2.45) is 0 Å². The maximum absolute atomic E-state index is 12.5. The number of thiazole rings is 1. The number of hydrogen-bond acceptors (Lipinski definition) is 7. The summed E-state index contributed by atoms with van der Waals surface area (Å²) in [5.41, 5.74) is 1.24. The van der Waals surface area contributed by atoms with Crippen LogP contribution in [0.5, 0.6) is 23.0 Å². The molecule has 3 heterocycles. The summed E-state index contributed by atoms with van der Waals surface area (Å²) in [6, 6.07) is 8.80. The van der Waals surface area contributed by atoms with Crippen LogP contribution in [0, 0.1) is 0 Å². The molecule has 2 aliphatic rings. The van der Waals surface area contributed by atoms with Gasteiger partial charge in [0.1, 0.15) is 13.2 Å². The van der Waals surface area contributed by atoms with Crippen LogP contribution in [0.15, 0.2) is 30.3 Å². The molecular formula is C17H12N2O5S. The van der Waals surface area contributed by atoms with Crippen LogP contribution in [-0.2, 0) is 0 Å². The van der Waals surface area contributed by atoms with E-state index in [4.69, 9.17) is 18.9 Å². The van der Waals surface area contributed by atoms with Gasteiger partial charge in [-0.15, -0.1) is 0 Å². The number of hydrogen-bond donors (Lipinski definition) is 1. The molecule has 126 valence electrons. The molecule has 2 aliphatic heterocycles. The molecule has 0 unspecified atom stereocenters. The lowest BCUT2D eigenvalue weighted by Gasteiger charge is -2.18. The average Bonchev–Trinajstić information content (AvgIpc) is 3.24. The molecule has 8 heteroatoms. The van der Waals surface area contributed by atoms with Crippen molar-refractivity contribution in [2.45, 2.75) is 0 Å². The standard InChI is InChI=1S/C17H12N2O5S/c20-16(9-1-2-11-12(5-9)22-4-3-21-11)19-17-18-10-6-13-14(24-8-23-13)7-15(10)25-17/h1-2,5-7H,3-4,8H2,(H,18,19,20). The molecule has 1 N–H and O–H groups in total. The minimum absolute atomic E-state index is 0.223. The van der Waals surface area contributed by atoms with Gasteiger partial charge in [0.15, 0.2) is 28.1 Å². The Balaban J connectivity index is 1.41. The SMILES string of the molecule is O=C(Nc1nc2cc3c(cc2s1)OCO3)c1ccc2c(c1)OCCO2. The maximum atomic E-state index is 12.5. The molecule has 5 rings (SSSR count). The molecular weight excluding hydrogens is 344 g/mol. The first-order valence-corrected chi connectivity index (χ1v) is 8.49. The number of carbonyl (C=O) groups is 1. The molecule has 1 aromatic heterocycles. The van der Waals surface area contributed by atoms with Gasteiger partial charge in [-0.05, 0) is 18.2 Å². The molecule has 0 saturated heterocycles. The Morgan fingerprint density at radius 1 is 0.960 bits per heavy atom. The fourth-order valence-corrected chi connectivity index (χ4v) is 3.60. The Bertz CT molecular complexity index is 959. The summed E-state index contributed by atoms with van der Waals surface area (Å²) in [6.45, 7) is 1.21. The summed E-state index contributed by atoms with van der Waals surface area (Å²) in [5.74, 6) is 2.34. The fourth-order valence-electron chi connectivity index (χ4n) is 2.73. The van der Waals surface area contributed by atoms with Gasteiger partial charge in [0, 0.05) is 17.7 Å². The zero-order chi connectivity index (χ0) is 16.8. The van der Waals surface area contributed by atoms with Crippen LogP contribution >= 0.6 is 11.3 Å². The topological polar surface area (TPSA) is 78.9 Å². The van der Waals surface area contributed by atoms with Crippen molar-refractivity contribution in [2.75, 3.05) is 25.3 Å². The molecule has 0 fully saturated rings. The predicted molar refractivity (Wildman–Crippen MR) is 91.1 cm³/mol.